The third-order valence-electron chi connectivity index (χ3n) is 4.09. The summed E-state index contributed by atoms with van der Waals surface area (Å²) in [6.45, 7) is 4.48. The lowest BCUT2D eigenvalue weighted by molar-refractivity contribution is 0.104. The zero-order valence-electron chi connectivity index (χ0n) is 15.7. The zero-order valence-corrected chi connectivity index (χ0v) is 15.7. The van der Waals surface area contributed by atoms with Crippen LogP contribution in [0.5, 0.6) is 17.2 Å². The van der Waals surface area contributed by atoms with Crippen molar-refractivity contribution in [2.24, 2.45) is 0 Å². The number of ether oxygens (including phenoxy) is 1. The number of hydrogen-bond donors (Lipinski definition) is 4. The highest BCUT2D eigenvalue weighted by molar-refractivity contribution is 5.80. The minimum absolute atomic E-state index is 0. The van der Waals surface area contributed by atoms with Crippen LogP contribution < -0.4 is 15.5 Å². The summed E-state index contributed by atoms with van der Waals surface area (Å²) in [7, 11) is 0. The van der Waals surface area contributed by atoms with E-state index in [1.165, 1.54) is 24.3 Å². The van der Waals surface area contributed by atoms with Crippen LogP contribution in [0.15, 0.2) is 51.7 Å². The third kappa shape index (κ3) is 5.73. The number of phenolic OH excluding ortho intramolecular Hbond substituents is 2. The molecule has 0 aliphatic rings. The van der Waals surface area contributed by atoms with Crippen molar-refractivity contribution in [3.63, 3.8) is 0 Å². The van der Waals surface area contributed by atoms with Crippen molar-refractivity contribution >= 4 is 11.0 Å². The van der Waals surface area contributed by atoms with Crippen LogP contribution in [0.4, 0.5) is 0 Å². The predicted molar refractivity (Wildman–Crippen MR) is 113 cm³/mol. The lowest BCUT2D eigenvalue weighted by atomic mass is 10.1. The number of hydrogen-bond acceptors (Lipinski definition) is 7. The fourth-order valence-electron chi connectivity index (χ4n) is 2.73. The maximum absolute atomic E-state index is 12.4. The molecular weight excluding hydrogens is 374 g/mol. The van der Waals surface area contributed by atoms with Gasteiger partial charge in [-0.3, -0.25) is 4.79 Å². The molecule has 0 saturated carbocycles. The van der Waals surface area contributed by atoms with Crippen LogP contribution in [0.1, 0.15) is 21.3 Å². The Morgan fingerprint density at radius 3 is 2.41 bits per heavy atom. The summed E-state index contributed by atoms with van der Waals surface area (Å²) in [6, 6.07) is 10.4. The molecular formula is C22H27NO6. The molecule has 0 radical (unpaired) electrons. The van der Waals surface area contributed by atoms with Crippen molar-refractivity contribution in [2.75, 3.05) is 13.2 Å². The summed E-state index contributed by atoms with van der Waals surface area (Å²) in [6.07, 6.45) is -0.674. The van der Waals surface area contributed by atoms with Gasteiger partial charge >= 0.3 is 0 Å². The fraction of sp³-hybridized carbons (Fsp3) is 0.318. The van der Waals surface area contributed by atoms with Gasteiger partial charge in [0.25, 0.3) is 0 Å². The monoisotopic (exact) mass is 401 g/mol. The molecule has 3 aromatic rings. The number of aliphatic hydroxyl groups excluding tert-OH is 1. The second-order valence-corrected chi connectivity index (χ2v) is 6.90. The molecule has 2 aromatic carbocycles. The lowest BCUT2D eigenvalue weighted by Crippen LogP contribution is -2.35. The number of aliphatic hydroxyl groups is 1. The van der Waals surface area contributed by atoms with Gasteiger partial charge in [0.2, 0.25) is 0 Å². The van der Waals surface area contributed by atoms with E-state index < -0.39 is 6.10 Å². The third-order valence-corrected chi connectivity index (χ3v) is 4.09. The van der Waals surface area contributed by atoms with Gasteiger partial charge in [-0.15, -0.1) is 0 Å². The first-order valence-corrected chi connectivity index (χ1v) is 8.97. The van der Waals surface area contributed by atoms with Gasteiger partial charge in [-0.25, -0.2) is 0 Å². The number of phenols is 2. The van der Waals surface area contributed by atoms with E-state index in [9.17, 15) is 20.1 Å². The molecule has 0 spiro atoms. The Kier molecular flexibility index (Phi) is 7.25. The minimum atomic E-state index is -0.674. The van der Waals surface area contributed by atoms with Gasteiger partial charge in [-0.05, 0) is 24.3 Å². The van der Waals surface area contributed by atoms with Gasteiger partial charge in [-0.2, -0.15) is 0 Å². The standard InChI is InChI=1S/C21H23NO6.CH4/c1-12(2)22-10-16(25)11-27-17-3-4-18-19(26)9-20(28-21(18)8-17)13-5-14(23)7-15(24)6-13;/h3-9,12,16,22-25H,10-11H2,1-2H3;1H4/t16-;/m0./s1. The summed E-state index contributed by atoms with van der Waals surface area (Å²) in [5.74, 6) is 0.384. The summed E-state index contributed by atoms with van der Waals surface area (Å²) in [5.41, 5.74) is 0.419. The molecule has 156 valence electrons. The molecule has 0 aliphatic carbocycles. The van der Waals surface area contributed by atoms with Crippen molar-refractivity contribution in [1.82, 2.24) is 5.32 Å². The van der Waals surface area contributed by atoms with Gasteiger partial charge in [0.1, 0.15) is 41.3 Å². The number of rotatable bonds is 7. The highest BCUT2D eigenvalue weighted by atomic mass is 16.5. The van der Waals surface area contributed by atoms with Gasteiger partial charge < -0.3 is 29.8 Å². The Morgan fingerprint density at radius 2 is 1.76 bits per heavy atom. The second kappa shape index (κ2) is 9.45. The lowest BCUT2D eigenvalue weighted by Gasteiger charge is -2.15. The van der Waals surface area contributed by atoms with E-state index in [1.54, 1.807) is 18.2 Å². The molecule has 7 nitrogen and oxygen atoms in total. The summed E-state index contributed by atoms with van der Waals surface area (Å²) >= 11 is 0. The Balaban J connectivity index is 0.00000300. The molecule has 1 aromatic heterocycles. The first kappa shape index (κ1) is 22.3. The maximum atomic E-state index is 12.4. The first-order valence-electron chi connectivity index (χ1n) is 8.97. The van der Waals surface area contributed by atoms with E-state index in [1.807, 2.05) is 13.8 Å². The molecule has 0 fully saturated rings. The van der Waals surface area contributed by atoms with Crippen LogP contribution in [0.3, 0.4) is 0 Å². The van der Waals surface area contributed by atoms with E-state index in [4.69, 9.17) is 9.15 Å². The number of aromatic hydroxyl groups is 2. The van der Waals surface area contributed by atoms with Crippen LogP contribution in [-0.2, 0) is 0 Å². The van der Waals surface area contributed by atoms with Crippen LogP contribution in [0.25, 0.3) is 22.3 Å². The fourth-order valence-corrected chi connectivity index (χ4v) is 2.73. The Bertz CT molecular complexity index is 1010. The SMILES string of the molecule is C.CC(C)NC[C@H](O)COc1ccc2c(=O)cc(-c3cc(O)cc(O)c3)oc2c1. The van der Waals surface area contributed by atoms with Crippen LogP contribution in [0, 0.1) is 0 Å². The van der Waals surface area contributed by atoms with Crippen LogP contribution >= 0.6 is 0 Å². The smallest absolute Gasteiger partial charge is 0.193 e. The summed E-state index contributed by atoms with van der Waals surface area (Å²) < 4.78 is 11.4. The first-order chi connectivity index (χ1) is 13.3. The van der Waals surface area contributed by atoms with Crippen molar-refractivity contribution in [3.05, 3.63) is 52.7 Å². The van der Waals surface area contributed by atoms with E-state index in [2.05, 4.69) is 5.32 Å². The van der Waals surface area contributed by atoms with Crippen molar-refractivity contribution in [2.45, 2.75) is 33.4 Å². The molecule has 0 amide bonds. The molecule has 0 saturated heterocycles. The predicted octanol–water partition coefficient (Wildman–Crippen LogP) is 3.25. The highest BCUT2D eigenvalue weighted by Crippen LogP contribution is 2.30. The second-order valence-electron chi connectivity index (χ2n) is 6.90. The number of fused-ring (bicyclic) bond motifs is 1. The van der Waals surface area contributed by atoms with Crippen LogP contribution in [-0.4, -0.2) is 40.6 Å². The zero-order chi connectivity index (χ0) is 20.3. The Labute approximate surface area is 169 Å². The molecule has 7 heteroatoms. The van der Waals surface area contributed by atoms with Crippen molar-refractivity contribution in [3.8, 4) is 28.6 Å². The maximum Gasteiger partial charge on any atom is 0.193 e. The topological polar surface area (TPSA) is 112 Å². The van der Waals surface area contributed by atoms with Gasteiger partial charge in [-0.1, -0.05) is 21.3 Å². The van der Waals surface area contributed by atoms with Gasteiger partial charge in [0.05, 0.1) is 5.39 Å². The van der Waals surface area contributed by atoms with E-state index in [0.29, 0.717) is 28.8 Å². The number of nitrogens with one attached hydrogen (secondary N) is 1. The quantitative estimate of drug-likeness (QED) is 0.481. The molecule has 0 unspecified atom stereocenters. The average Bonchev–Trinajstić information content (AvgIpc) is 2.63. The Morgan fingerprint density at radius 1 is 1.07 bits per heavy atom. The molecule has 4 N–H and O–H groups in total. The number of benzene rings is 2. The molecule has 0 bridgehead atoms. The van der Waals surface area contributed by atoms with Gasteiger partial charge in [0.15, 0.2) is 5.43 Å². The molecule has 29 heavy (non-hydrogen) atoms. The van der Waals surface area contributed by atoms with E-state index >= 15 is 0 Å². The van der Waals surface area contributed by atoms with Crippen molar-refractivity contribution in [1.29, 1.82) is 0 Å². The average molecular weight is 401 g/mol. The van der Waals surface area contributed by atoms with E-state index in [0.717, 1.165) is 0 Å². The highest BCUT2D eigenvalue weighted by Gasteiger charge is 2.11. The normalized spacial score (nSPS) is 12.0. The summed E-state index contributed by atoms with van der Waals surface area (Å²) in [4.78, 5) is 12.4. The Hall–Kier alpha value is -3.03. The molecule has 3 rings (SSSR count). The van der Waals surface area contributed by atoms with Crippen molar-refractivity contribution < 1.29 is 24.5 Å². The van der Waals surface area contributed by atoms with Gasteiger partial charge in [0, 0.05) is 36.3 Å². The molecule has 1 atom stereocenters. The van der Waals surface area contributed by atoms with Crippen LogP contribution in [0.2, 0.25) is 0 Å². The molecule has 0 aliphatic heterocycles. The minimum Gasteiger partial charge on any atom is -0.508 e. The molecule has 1 heterocycles. The summed E-state index contributed by atoms with van der Waals surface area (Å²) in [5, 5.41) is 32.8. The largest absolute Gasteiger partial charge is 0.508 e. The van der Waals surface area contributed by atoms with E-state index in [-0.39, 0.29) is 42.8 Å².